The van der Waals surface area contributed by atoms with Crippen LogP contribution in [-0.4, -0.2) is 56.5 Å². The zero-order valence-corrected chi connectivity index (χ0v) is 16.1. The van der Waals surface area contributed by atoms with E-state index in [0.29, 0.717) is 19.0 Å². The molecule has 0 saturated carbocycles. The summed E-state index contributed by atoms with van der Waals surface area (Å²) in [7, 11) is 2.15. The van der Waals surface area contributed by atoms with Gasteiger partial charge in [-0.05, 0) is 49.8 Å². The Bertz CT molecular complexity index is 652. The second-order valence-corrected chi connectivity index (χ2v) is 7.12. The molecule has 1 aromatic rings. The molecule has 2 aliphatic rings. The lowest BCUT2D eigenvalue weighted by Gasteiger charge is -2.27. The van der Waals surface area contributed by atoms with E-state index in [1.165, 1.54) is 23.2 Å². The lowest BCUT2D eigenvalue weighted by atomic mass is 10.00. The van der Waals surface area contributed by atoms with Gasteiger partial charge in [-0.2, -0.15) is 0 Å². The van der Waals surface area contributed by atoms with Crippen LogP contribution in [0.3, 0.4) is 0 Å². The zero-order valence-electron chi connectivity index (χ0n) is 16.1. The number of carbonyl (C=O) groups excluding carboxylic acids is 1. The number of anilines is 1. The van der Waals surface area contributed by atoms with Gasteiger partial charge >= 0.3 is 0 Å². The van der Waals surface area contributed by atoms with Gasteiger partial charge in [-0.25, -0.2) is 4.99 Å². The van der Waals surface area contributed by atoms with Crippen LogP contribution < -0.4 is 15.5 Å². The molecule has 2 N–H and O–H groups in total. The van der Waals surface area contributed by atoms with Crippen LogP contribution in [0.2, 0.25) is 0 Å². The number of benzene rings is 1. The number of amides is 1. The van der Waals surface area contributed by atoms with E-state index in [2.05, 4.69) is 45.8 Å². The molecule has 0 aliphatic carbocycles. The second kappa shape index (κ2) is 8.92. The number of nitrogens with one attached hydrogen (secondary N) is 2. The van der Waals surface area contributed by atoms with Gasteiger partial charge in [-0.3, -0.25) is 4.79 Å². The van der Waals surface area contributed by atoms with Crippen molar-refractivity contribution in [3.05, 3.63) is 29.3 Å². The Morgan fingerprint density at radius 3 is 2.73 bits per heavy atom. The fourth-order valence-corrected chi connectivity index (χ4v) is 3.69. The number of carbonyl (C=O) groups is 1. The molecule has 0 aromatic heterocycles. The summed E-state index contributed by atoms with van der Waals surface area (Å²) in [6.07, 6.45) is 4.58. The molecule has 2 heterocycles. The molecule has 0 radical (unpaired) electrons. The Morgan fingerprint density at radius 2 is 1.96 bits per heavy atom. The van der Waals surface area contributed by atoms with Crippen LogP contribution in [0.4, 0.5) is 5.69 Å². The summed E-state index contributed by atoms with van der Waals surface area (Å²) in [5.41, 5.74) is 3.96. The molecule has 142 valence electrons. The third kappa shape index (κ3) is 4.68. The van der Waals surface area contributed by atoms with Crippen molar-refractivity contribution in [2.24, 2.45) is 4.99 Å². The third-order valence-electron chi connectivity index (χ3n) is 5.12. The molecule has 6 nitrogen and oxygen atoms in total. The first-order valence-corrected chi connectivity index (χ1v) is 9.80. The maximum atomic E-state index is 12.2. The van der Waals surface area contributed by atoms with Crippen LogP contribution >= 0.6 is 0 Å². The number of hydrogen-bond acceptors (Lipinski definition) is 3. The molecule has 1 aromatic carbocycles. The van der Waals surface area contributed by atoms with Crippen LogP contribution in [0.5, 0.6) is 0 Å². The first-order chi connectivity index (χ1) is 12.7. The van der Waals surface area contributed by atoms with E-state index in [1.807, 2.05) is 11.8 Å². The fourth-order valence-electron chi connectivity index (χ4n) is 3.69. The molecule has 1 fully saturated rings. The maximum absolute atomic E-state index is 12.2. The Morgan fingerprint density at radius 1 is 1.15 bits per heavy atom. The van der Waals surface area contributed by atoms with Crippen molar-refractivity contribution in [3.8, 4) is 0 Å². The number of hydrogen-bond donors (Lipinski definition) is 2. The quantitative estimate of drug-likeness (QED) is 0.623. The van der Waals surface area contributed by atoms with Crippen LogP contribution in [0.15, 0.2) is 23.2 Å². The predicted octanol–water partition coefficient (Wildman–Crippen LogP) is 1.75. The van der Waals surface area contributed by atoms with Gasteiger partial charge in [-0.1, -0.05) is 12.1 Å². The van der Waals surface area contributed by atoms with E-state index in [1.54, 1.807) is 0 Å². The number of rotatable bonds is 5. The summed E-state index contributed by atoms with van der Waals surface area (Å²) >= 11 is 0. The Hall–Kier alpha value is -2.24. The third-order valence-corrected chi connectivity index (χ3v) is 5.12. The number of aliphatic imine (C=N–C) groups is 1. The minimum Gasteiger partial charge on any atom is -0.374 e. The number of guanidine groups is 1. The van der Waals surface area contributed by atoms with Crippen molar-refractivity contribution >= 4 is 17.6 Å². The van der Waals surface area contributed by atoms with Crippen molar-refractivity contribution in [1.82, 2.24) is 15.5 Å². The van der Waals surface area contributed by atoms with Crippen LogP contribution in [-0.2, 0) is 17.8 Å². The summed E-state index contributed by atoms with van der Waals surface area (Å²) < 4.78 is 0. The average Bonchev–Trinajstić information content (AvgIpc) is 3.19. The summed E-state index contributed by atoms with van der Waals surface area (Å²) in [5.74, 6) is 0.861. The SMILES string of the molecule is CCNC(=NCc1ccc2c(c1)CCCN2C)NCC(=O)N1CCCC1. The number of aryl methyl sites for hydroxylation is 1. The molecule has 1 amide bonds. The number of likely N-dealkylation sites (tertiary alicyclic amines) is 1. The number of nitrogens with zero attached hydrogens (tertiary/aromatic N) is 3. The Labute approximate surface area is 156 Å². The summed E-state index contributed by atoms with van der Waals surface area (Å²) in [5, 5.41) is 6.40. The van der Waals surface area contributed by atoms with Gasteiger partial charge in [0.2, 0.25) is 5.91 Å². The topological polar surface area (TPSA) is 60.0 Å². The van der Waals surface area contributed by atoms with Crippen molar-refractivity contribution in [3.63, 3.8) is 0 Å². The molecule has 6 heteroatoms. The lowest BCUT2D eigenvalue weighted by Crippen LogP contribution is -2.44. The monoisotopic (exact) mass is 357 g/mol. The van der Waals surface area contributed by atoms with Crippen LogP contribution in [0, 0.1) is 0 Å². The van der Waals surface area contributed by atoms with Gasteiger partial charge in [0.1, 0.15) is 0 Å². The molecule has 0 spiro atoms. The van der Waals surface area contributed by atoms with E-state index in [0.717, 1.165) is 45.4 Å². The zero-order chi connectivity index (χ0) is 18.4. The van der Waals surface area contributed by atoms with Crippen molar-refractivity contribution in [2.45, 2.75) is 39.2 Å². The maximum Gasteiger partial charge on any atom is 0.241 e. The number of fused-ring (bicyclic) bond motifs is 1. The fraction of sp³-hybridized carbons (Fsp3) is 0.600. The van der Waals surface area contributed by atoms with Crippen molar-refractivity contribution in [2.75, 3.05) is 44.7 Å². The first kappa shape index (κ1) is 18.5. The molecule has 0 unspecified atom stereocenters. The normalized spacial score (nSPS) is 17.2. The highest BCUT2D eigenvalue weighted by molar-refractivity contribution is 5.86. The van der Waals surface area contributed by atoms with Crippen molar-refractivity contribution in [1.29, 1.82) is 0 Å². The van der Waals surface area contributed by atoms with Gasteiger partial charge in [-0.15, -0.1) is 0 Å². The highest BCUT2D eigenvalue weighted by Crippen LogP contribution is 2.26. The second-order valence-electron chi connectivity index (χ2n) is 7.12. The summed E-state index contributed by atoms with van der Waals surface area (Å²) in [6, 6.07) is 6.63. The molecule has 0 bridgehead atoms. The van der Waals surface area contributed by atoms with E-state index in [9.17, 15) is 4.79 Å². The Kier molecular flexibility index (Phi) is 6.36. The Balaban J connectivity index is 1.59. The van der Waals surface area contributed by atoms with E-state index in [-0.39, 0.29) is 5.91 Å². The van der Waals surface area contributed by atoms with Gasteiger partial charge in [0.25, 0.3) is 0 Å². The smallest absolute Gasteiger partial charge is 0.241 e. The first-order valence-electron chi connectivity index (χ1n) is 9.80. The highest BCUT2D eigenvalue weighted by atomic mass is 16.2. The lowest BCUT2D eigenvalue weighted by molar-refractivity contribution is -0.128. The molecular formula is C20H31N5O. The molecular weight excluding hydrogens is 326 g/mol. The van der Waals surface area contributed by atoms with E-state index >= 15 is 0 Å². The highest BCUT2D eigenvalue weighted by Gasteiger charge is 2.18. The molecule has 26 heavy (non-hydrogen) atoms. The summed E-state index contributed by atoms with van der Waals surface area (Å²) in [6.45, 7) is 6.64. The minimum atomic E-state index is 0.157. The molecule has 3 rings (SSSR count). The average molecular weight is 358 g/mol. The van der Waals surface area contributed by atoms with Crippen LogP contribution in [0.25, 0.3) is 0 Å². The van der Waals surface area contributed by atoms with Gasteiger partial charge in [0, 0.05) is 38.9 Å². The minimum absolute atomic E-state index is 0.157. The van der Waals surface area contributed by atoms with Crippen LogP contribution in [0.1, 0.15) is 37.3 Å². The van der Waals surface area contributed by atoms with Gasteiger partial charge in [0.15, 0.2) is 5.96 Å². The molecule has 1 saturated heterocycles. The predicted molar refractivity (Wildman–Crippen MR) is 107 cm³/mol. The standard InChI is InChI=1S/C20H31N5O/c1-3-21-20(23-15-19(26)25-11-4-5-12-25)22-14-16-8-9-18-17(13-16)7-6-10-24(18)2/h8-9,13H,3-7,10-12,14-15H2,1-2H3,(H2,21,22,23). The summed E-state index contributed by atoms with van der Waals surface area (Å²) in [4.78, 5) is 21.1. The largest absolute Gasteiger partial charge is 0.374 e. The molecule has 0 atom stereocenters. The van der Waals surface area contributed by atoms with Gasteiger partial charge < -0.3 is 20.4 Å². The van der Waals surface area contributed by atoms with Gasteiger partial charge in [0.05, 0.1) is 13.1 Å². The van der Waals surface area contributed by atoms with E-state index < -0.39 is 0 Å². The molecule has 2 aliphatic heterocycles. The van der Waals surface area contributed by atoms with Crippen molar-refractivity contribution < 1.29 is 4.79 Å². The van der Waals surface area contributed by atoms with E-state index in [4.69, 9.17) is 0 Å².